The molecule has 0 bridgehead atoms. The van der Waals surface area contributed by atoms with E-state index in [1.807, 2.05) is 20.8 Å². The fourth-order valence-corrected chi connectivity index (χ4v) is 1.73. The summed E-state index contributed by atoms with van der Waals surface area (Å²) in [6, 6.07) is 4.64. The second kappa shape index (κ2) is 5.74. The summed E-state index contributed by atoms with van der Waals surface area (Å²) in [5.74, 6) is -0.215. The molecule has 0 heterocycles. The zero-order valence-electron chi connectivity index (χ0n) is 10.3. The second-order valence-corrected chi connectivity index (χ2v) is 5.92. The Labute approximate surface area is 110 Å². The number of halogens is 2. The smallest absolute Gasteiger partial charge is 0.150 e. The van der Waals surface area contributed by atoms with Crippen molar-refractivity contribution in [2.75, 3.05) is 6.54 Å². The van der Waals surface area contributed by atoms with Crippen LogP contribution in [0, 0.1) is 5.82 Å². The van der Waals surface area contributed by atoms with Crippen molar-refractivity contribution in [3.05, 3.63) is 34.1 Å². The standard InChI is InChI=1S/C13H17BrFNO/c1-13(2,3)16-8-10(17)6-9-4-5-12(15)11(14)7-9/h4-5,7,16H,6,8H2,1-3H3. The van der Waals surface area contributed by atoms with Gasteiger partial charge in [-0.25, -0.2) is 4.39 Å². The minimum atomic E-state index is -0.311. The van der Waals surface area contributed by atoms with Gasteiger partial charge in [0.1, 0.15) is 5.82 Å². The molecule has 94 valence electrons. The van der Waals surface area contributed by atoms with Crippen LogP contribution in [0.25, 0.3) is 0 Å². The zero-order valence-corrected chi connectivity index (χ0v) is 11.9. The third-order valence-corrected chi connectivity index (χ3v) is 2.81. The number of ketones is 1. The van der Waals surface area contributed by atoms with Crippen LogP contribution in [-0.2, 0) is 11.2 Å². The molecule has 4 heteroatoms. The van der Waals surface area contributed by atoms with Gasteiger partial charge in [-0.15, -0.1) is 0 Å². The second-order valence-electron chi connectivity index (χ2n) is 5.07. The van der Waals surface area contributed by atoms with Crippen LogP contribution < -0.4 is 5.32 Å². The van der Waals surface area contributed by atoms with Crippen LogP contribution in [0.2, 0.25) is 0 Å². The molecular weight excluding hydrogens is 285 g/mol. The van der Waals surface area contributed by atoms with Crippen molar-refractivity contribution in [2.24, 2.45) is 0 Å². The molecule has 1 N–H and O–H groups in total. The van der Waals surface area contributed by atoms with E-state index in [1.54, 1.807) is 12.1 Å². The van der Waals surface area contributed by atoms with Crippen LogP contribution >= 0.6 is 15.9 Å². The molecule has 0 aliphatic rings. The minimum absolute atomic E-state index is 0.0704. The first-order valence-electron chi connectivity index (χ1n) is 5.48. The SMILES string of the molecule is CC(C)(C)NCC(=O)Cc1ccc(F)c(Br)c1. The summed E-state index contributed by atoms with van der Waals surface area (Å²) in [5.41, 5.74) is 0.748. The van der Waals surface area contributed by atoms with E-state index in [0.717, 1.165) is 5.56 Å². The van der Waals surface area contributed by atoms with Crippen molar-refractivity contribution < 1.29 is 9.18 Å². The first-order chi connectivity index (χ1) is 7.78. The molecule has 2 nitrogen and oxygen atoms in total. The van der Waals surface area contributed by atoms with E-state index in [2.05, 4.69) is 21.2 Å². The van der Waals surface area contributed by atoms with Crippen molar-refractivity contribution in [3.63, 3.8) is 0 Å². The molecule has 1 aromatic carbocycles. The maximum atomic E-state index is 13.0. The monoisotopic (exact) mass is 301 g/mol. The van der Waals surface area contributed by atoms with Gasteiger partial charge in [-0.2, -0.15) is 0 Å². The van der Waals surface area contributed by atoms with Gasteiger partial charge < -0.3 is 5.32 Å². The van der Waals surface area contributed by atoms with Gasteiger partial charge in [-0.1, -0.05) is 6.07 Å². The Morgan fingerprint density at radius 3 is 2.59 bits per heavy atom. The first kappa shape index (κ1) is 14.3. The van der Waals surface area contributed by atoms with Crippen LogP contribution in [0.5, 0.6) is 0 Å². The Kier molecular flexibility index (Phi) is 4.83. The molecule has 0 unspecified atom stereocenters. The Morgan fingerprint density at radius 2 is 2.06 bits per heavy atom. The lowest BCUT2D eigenvalue weighted by Gasteiger charge is -2.19. The average Bonchev–Trinajstić information content (AvgIpc) is 2.20. The number of Topliss-reactive ketones (excluding diaryl/α,β-unsaturated/α-hetero) is 1. The average molecular weight is 302 g/mol. The van der Waals surface area contributed by atoms with E-state index in [-0.39, 0.29) is 17.1 Å². The highest BCUT2D eigenvalue weighted by molar-refractivity contribution is 9.10. The Balaban J connectivity index is 2.54. The number of nitrogens with one attached hydrogen (secondary N) is 1. The minimum Gasteiger partial charge on any atom is -0.305 e. The fourth-order valence-electron chi connectivity index (χ4n) is 1.30. The van der Waals surface area contributed by atoms with Gasteiger partial charge in [0.25, 0.3) is 0 Å². The molecule has 0 amide bonds. The molecule has 0 atom stereocenters. The number of benzene rings is 1. The van der Waals surface area contributed by atoms with Crippen LogP contribution in [0.1, 0.15) is 26.3 Å². The summed E-state index contributed by atoms with van der Waals surface area (Å²) >= 11 is 3.10. The van der Waals surface area contributed by atoms with Crippen LogP contribution in [0.3, 0.4) is 0 Å². The van der Waals surface area contributed by atoms with Crippen LogP contribution in [0.15, 0.2) is 22.7 Å². The molecule has 0 fully saturated rings. The van der Waals surface area contributed by atoms with Gasteiger partial charge in [0, 0.05) is 12.0 Å². The van der Waals surface area contributed by atoms with Crippen molar-refractivity contribution >= 4 is 21.7 Å². The lowest BCUT2D eigenvalue weighted by molar-refractivity contribution is -0.117. The van der Waals surface area contributed by atoms with Gasteiger partial charge in [0.2, 0.25) is 0 Å². The van der Waals surface area contributed by atoms with Crippen molar-refractivity contribution in [1.29, 1.82) is 0 Å². The van der Waals surface area contributed by atoms with Gasteiger partial charge >= 0.3 is 0 Å². The number of hydrogen-bond acceptors (Lipinski definition) is 2. The number of carbonyl (C=O) groups is 1. The summed E-state index contributed by atoms with van der Waals surface area (Å²) < 4.78 is 13.4. The van der Waals surface area contributed by atoms with Crippen molar-refractivity contribution in [1.82, 2.24) is 5.32 Å². The third-order valence-electron chi connectivity index (χ3n) is 2.20. The Hall–Kier alpha value is -0.740. The molecule has 0 aromatic heterocycles. The molecule has 0 radical (unpaired) electrons. The van der Waals surface area contributed by atoms with Gasteiger partial charge in [-0.3, -0.25) is 4.79 Å². The molecule has 1 aromatic rings. The zero-order chi connectivity index (χ0) is 13.1. The summed E-state index contributed by atoms with van der Waals surface area (Å²) in [5, 5.41) is 3.13. The molecule has 0 aliphatic carbocycles. The highest BCUT2D eigenvalue weighted by atomic mass is 79.9. The van der Waals surface area contributed by atoms with E-state index in [1.165, 1.54) is 6.07 Å². The summed E-state index contributed by atoms with van der Waals surface area (Å²) in [7, 11) is 0. The predicted octanol–water partition coefficient (Wildman–Crippen LogP) is 3.09. The number of carbonyl (C=O) groups excluding carboxylic acids is 1. The Morgan fingerprint density at radius 1 is 1.41 bits per heavy atom. The van der Waals surface area contributed by atoms with E-state index in [0.29, 0.717) is 17.4 Å². The van der Waals surface area contributed by atoms with Gasteiger partial charge in [0.15, 0.2) is 5.78 Å². The topological polar surface area (TPSA) is 29.1 Å². The first-order valence-corrected chi connectivity index (χ1v) is 6.28. The summed E-state index contributed by atoms with van der Waals surface area (Å²) in [6.07, 6.45) is 0.321. The summed E-state index contributed by atoms with van der Waals surface area (Å²) in [4.78, 5) is 11.7. The molecule has 17 heavy (non-hydrogen) atoms. The van der Waals surface area contributed by atoms with Gasteiger partial charge in [-0.05, 0) is 54.4 Å². The highest BCUT2D eigenvalue weighted by Gasteiger charge is 2.12. The predicted molar refractivity (Wildman–Crippen MR) is 70.6 cm³/mol. The lowest BCUT2D eigenvalue weighted by atomic mass is 10.1. The molecule has 0 saturated heterocycles. The molecular formula is C13H17BrFNO. The maximum Gasteiger partial charge on any atom is 0.150 e. The number of hydrogen-bond donors (Lipinski definition) is 1. The third kappa shape index (κ3) is 5.41. The van der Waals surface area contributed by atoms with Gasteiger partial charge in [0.05, 0.1) is 11.0 Å². The molecule has 1 rings (SSSR count). The highest BCUT2D eigenvalue weighted by Crippen LogP contribution is 2.17. The van der Waals surface area contributed by atoms with Crippen LogP contribution in [-0.4, -0.2) is 17.9 Å². The number of rotatable bonds is 4. The van der Waals surface area contributed by atoms with Crippen molar-refractivity contribution in [2.45, 2.75) is 32.7 Å². The largest absolute Gasteiger partial charge is 0.305 e. The van der Waals surface area contributed by atoms with E-state index in [4.69, 9.17) is 0 Å². The molecule has 0 saturated carbocycles. The summed E-state index contributed by atoms with van der Waals surface area (Å²) in [6.45, 7) is 6.36. The Bertz CT molecular complexity index is 412. The van der Waals surface area contributed by atoms with E-state index >= 15 is 0 Å². The fraction of sp³-hybridized carbons (Fsp3) is 0.462. The maximum absolute atomic E-state index is 13.0. The quantitative estimate of drug-likeness (QED) is 0.926. The normalized spacial score (nSPS) is 11.6. The molecule has 0 spiro atoms. The van der Waals surface area contributed by atoms with E-state index < -0.39 is 0 Å². The van der Waals surface area contributed by atoms with Crippen LogP contribution in [0.4, 0.5) is 4.39 Å². The van der Waals surface area contributed by atoms with E-state index in [9.17, 15) is 9.18 Å². The molecule has 0 aliphatic heterocycles. The van der Waals surface area contributed by atoms with Crippen molar-refractivity contribution in [3.8, 4) is 0 Å². The lowest BCUT2D eigenvalue weighted by Crippen LogP contribution is -2.39.